The monoisotopic (exact) mass is 324 g/mol. The molecule has 4 nitrogen and oxygen atoms in total. The van der Waals surface area contributed by atoms with E-state index in [2.05, 4.69) is 11.4 Å². The molecular formula is C17H25ClN2O2. The Morgan fingerprint density at radius 2 is 2.09 bits per heavy atom. The van der Waals surface area contributed by atoms with Crippen LogP contribution in [0, 0.1) is 5.92 Å². The summed E-state index contributed by atoms with van der Waals surface area (Å²) in [6, 6.07) is 8.10. The summed E-state index contributed by atoms with van der Waals surface area (Å²) in [7, 11) is 0. The van der Waals surface area contributed by atoms with Crippen LogP contribution in [-0.4, -0.2) is 18.1 Å². The van der Waals surface area contributed by atoms with Crippen LogP contribution < -0.4 is 15.8 Å². The van der Waals surface area contributed by atoms with Gasteiger partial charge < -0.3 is 15.8 Å². The van der Waals surface area contributed by atoms with E-state index in [4.69, 9.17) is 10.5 Å². The molecule has 0 bridgehead atoms. The van der Waals surface area contributed by atoms with Gasteiger partial charge in [0.25, 0.3) is 0 Å². The lowest BCUT2D eigenvalue weighted by molar-refractivity contribution is -0.125. The summed E-state index contributed by atoms with van der Waals surface area (Å²) in [6.45, 7) is 2.24. The van der Waals surface area contributed by atoms with Crippen molar-refractivity contribution in [3.63, 3.8) is 0 Å². The Hall–Kier alpha value is -1.26. The van der Waals surface area contributed by atoms with Crippen molar-refractivity contribution in [3.05, 3.63) is 29.8 Å². The molecule has 0 radical (unpaired) electrons. The van der Waals surface area contributed by atoms with Crippen LogP contribution in [-0.2, 0) is 4.79 Å². The van der Waals surface area contributed by atoms with Crippen molar-refractivity contribution in [2.75, 3.05) is 6.54 Å². The molecule has 0 saturated heterocycles. The highest BCUT2D eigenvalue weighted by Gasteiger charge is 2.43. The van der Waals surface area contributed by atoms with Gasteiger partial charge in [0.15, 0.2) is 0 Å². The standard InChI is InChI=1S/C17H24N2O2.ClH/c1-12(11-18)16(20)19-14-10-17(8-4-5-9-17)21-15-7-3-2-6-13(14)15;/h2-3,6-7,12,14H,4-5,8-11,18H2,1H3,(H,19,20);1H. The maximum absolute atomic E-state index is 12.2. The Kier molecular flexibility index (Phi) is 5.35. The molecule has 2 unspecified atom stereocenters. The van der Waals surface area contributed by atoms with Crippen molar-refractivity contribution in [2.45, 2.75) is 50.7 Å². The van der Waals surface area contributed by atoms with Gasteiger partial charge in [-0.2, -0.15) is 0 Å². The SMILES string of the molecule is CC(CN)C(=O)NC1CC2(CCCC2)Oc2ccccc21.Cl. The summed E-state index contributed by atoms with van der Waals surface area (Å²) < 4.78 is 6.30. The molecule has 3 rings (SSSR count). The molecular weight excluding hydrogens is 300 g/mol. The molecule has 1 aromatic carbocycles. The van der Waals surface area contributed by atoms with E-state index in [9.17, 15) is 4.79 Å². The number of carbonyl (C=O) groups excluding carboxylic acids is 1. The molecule has 2 aliphatic rings. The first-order valence-corrected chi connectivity index (χ1v) is 7.92. The number of hydrogen-bond acceptors (Lipinski definition) is 3. The van der Waals surface area contributed by atoms with Crippen LogP contribution in [0.1, 0.15) is 50.6 Å². The van der Waals surface area contributed by atoms with Crippen molar-refractivity contribution >= 4 is 18.3 Å². The second-order valence-electron chi connectivity index (χ2n) is 6.43. The van der Waals surface area contributed by atoms with Crippen LogP contribution in [0.4, 0.5) is 0 Å². The first-order chi connectivity index (χ1) is 10.1. The van der Waals surface area contributed by atoms with Crippen molar-refractivity contribution in [2.24, 2.45) is 11.7 Å². The fraction of sp³-hybridized carbons (Fsp3) is 0.588. The van der Waals surface area contributed by atoms with Gasteiger partial charge in [0.05, 0.1) is 6.04 Å². The molecule has 0 aromatic heterocycles. The van der Waals surface area contributed by atoms with Crippen LogP contribution in [0.5, 0.6) is 5.75 Å². The molecule has 1 aromatic rings. The third-order valence-corrected chi connectivity index (χ3v) is 4.83. The first kappa shape index (κ1) is 17.1. The molecule has 1 aliphatic heterocycles. The van der Waals surface area contributed by atoms with Gasteiger partial charge >= 0.3 is 0 Å². The Labute approximate surface area is 138 Å². The molecule has 1 heterocycles. The topological polar surface area (TPSA) is 64.4 Å². The molecule has 122 valence electrons. The minimum atomic E-state index is -0.153. The normalized spacial score (nSPS) is 23.1. The number of amides is 1. The zero-order chi connectivity index (χ0) is 14.9. The van der Waals surface area contributed by atoms with Gasteiger partial charge in [0.2, 0.25) is 5.91 Å². The Morgan fingerprint density at radius 1 is 1.41 bits per heavy atom. The third kappa shape index (κ3) is 3.23. The van der Waals surface area contributed by atoms with E-state index in [1.165, 1.54) is 12.8 Å². The molecule has 1 spiro atoms. The minimum Gasteiger partial charge on any atom is -0.487 e. The number of fused-ring (bicyclic) bond motifs is 1. The number of carbonyl (C=O) groups is 1. The Balaban J connectivity index is 0.00000176. The second-order valence-corrected chi connectivity index (χ2v) is 6.43. The van der Waals surface area contributed by atoms with E-state index in [-0.39, 0.29) is 35.9 Å². The fourth-order valence-electron chi connectivity index (χ4n) is 3.49. The van der Waals surface area contributed by atoms with Gasteiger partial charge in [0, 0.05) is 24.4 Å². The van der Waals surface area contributed by atoms with E-state index in [0.717, 1.165) is 30.6 Å². The highest BCUT2D eigenvalue weighted by atomic mass is 35.5. The van der Waals surface area contributed by atoms with E-state index >= 15 is 0 Å². The van der Waals surface area contributed by atoms with E-state index in [0.29, 0.717) is 6.54 Å². The molecule has 22 heavy (non-hydrogen) atoms. The van der Waals surface area contributed by atoms with Crippen molar-refractivity contribution in [1.29, 1.82) is 0 Å². The zero-order valence-corrected chi connectivity index (χ0v) is 13.8. The maximum atomic E-state index is 12.2. The number of ether oxygens (including phenoxy) is 1. The second kappa shape index (κ2) is 6.88. The van der Waals surface area contributed by atoms with Crippen LogP contribution in [0.2, 0.25) is 0 Å². The van der Waals surface area contributed by atoms with Crippen LogP contribution >= 0.6 is 12.4 Å². The summed E-state index contributed by atoms with van der Waals surface area (Å²) >= 11 is 0. The zero-order valence-electron chi connectivity index (χ0n) is 13.0. The molecule has 1 aliphatic carbocycles. The molecule has 5 heteroatoms. The largest absolute Gasteiger partial charge is 0.487 e. The van der Waals surface area contributed by atoms with E-state index in [1.54, 1.807) is 0 Å². The predicted molar refractivity (Wildman–Crippen MR) is 89.2 cm³/mol. The van der Waals surface area contributed by atoms with Crippen molar-refractivity contribution in [1.82, 2.24) is 5.32 Å². The summed E-state index contributed by atoms with van der Waals surface area (Å²) in [5.41, 5.74) is 6.61. The summed E-state index contributed by atoms with van der Waals surface area (Å²) in [5, 5.41) is 3.18. The Morgan fingerprint density at radius 3 is 2.77 bits per heavy atom. The maximum Gasteiger partial charge on any atom is 0.224 e. The van der Waals surface area contributed by atoms with Crippen LogP contribution in [0.25, 0.3) is 0 Å². The molecule has 1 fully saturated rings. The highest BCUT2D eigenvalue weighted by Crippen LogP contribution is 2.46. The fourth-order valence-corrected chi connectivity index (χ4v) is 3.49. The first-order valence-electron chi connectivity index (χ1n) is 7.92. The Bertz CT molecular complexity index is 529. The van der Waals surface area contributed by atoms with E-state index in [1.807, 2.05) is 25.1 Å². The summed E-state index contributed by atoms with van der Waals surface area (Å²) in [6.07, 6.45) is 5.46. The quantitative estimate of drug-likeness (QED) is 0.898. The number of nitrogens with one attached hydrogen (secondary N) is 1. The number of nitrogens with two attached hydrogens (primary N) is 1. The third-order valence-electron chi connectivity index (χ3n) is 4.83. The van der Waals surface area contributed by atoms with Gasteiger partial charge in [-0.3, -0.25) is 4.79 Å². The van der Waals surface area contributed by atoms with Crippen LogP contribution in [0.15, 0.2) is 24.3 Å². The number of halogens is 1. The number of para-hydroxylation sites is 1. The van der Waals surface area contributed by atoms with Gasteiger partial charge in [-0.15, -0.1) is 12.4 Å². The van der Waals surface area contributed by atoms with Gasteiger partial charge in [-0.1, -0.05) is 25.1 Å². The predicted octanol–water partition coefficient (Wildman–Crippen LogP) is 2.96. The molecule has 3 N–H and O–H groups in total. The molecule has 1 amide bonds. The number of rotatable bonds is 3. The highest BCUT2D eigenvalue weighted by molar-refractivity contribution is 5.85. The van der Waals surface area contributed by atoms with Gasteiger partial charge in [0.1, 0.15) is 11.4 Å². The lowest BCUT2D eigenvalue weighted by atomic mass is 9.85. The van der Waals surface area contributed by atoms with Crippen molar-refractivity contribution in [3.8, 4) is 5.75 Å². The average Bonchev–Trinajstić information content (AvgIpc) is 2.94. The summed E-state index contributed by atoms with van der Waals surface area (Å²) in [4.78, 5) is 12.2. The van der Waals surface area contributed by atoms with Crippen LogP contribution in [0.3, 0.4) is 0 Å². The smallest absolute Gasteiger partial charge is 0.224 e. The lowest BCUT2D eigenvalue weighted by Gasteiger charge is -2.40. The van der Waals surface area contributed by atoms with E-state index < -0.39 is 0 Å². The molecule has 2 atom stereocenters. The number of hydrogen-bond donors (Lipinski definition) is 2. The van der Waals surface area contributed by atoms with Crippen molar-refractivity contribution < 1.29 is 9.53 Å². The molecule has 1 saturated carbocycles. The average molecular weight is 325 g/mol. The lowest BCUT2D eigenvalue weighted by Crippen LogP contribution is -2.45. The van der Waals surface area contributed by atoms with Gasteiger partial charge in [-0.25, -0.2) is 0 Å². The van der Waals surface area contributed by atoms with Gasteiger partial charge in [-0.05, 0) is 31.7 Å². The number of benzene rings is 1. The minimum absolute atomic E-state index is 0. The summed E-state index contributed by atoms with van der Waals surface area (Å²) in [5.74, 6) is 0.809.